The molecule has 44 heavy (non-hydrogen) atoms. The Morgan fingerprint density at radius 1 is 0.795 bits per heavy atom. The molecule has 0 saturated carbocycles. The maximum Gasteiger partial charge on any atom is 0.325 e. The quantitative estimate of drug-likeness (QED) is 0.103. The summed E-state index contributed by atoms with van der Waals surface area (Å²) in [5.74, 6) is -0.856. The fraction of sp³-hybridized carbons (Fsp3) is 0.371. The predicted octanol–water partition coefficient (Wildman–Crippen LogP) is 10.7. The molecule has 1 aromatic heterocycles. The Morgan fingerprint density at radius 3 is 2.07 bits per heavy atom. The van der Waals surface area contributed by atoms with Crippen molar-refractivity contribution in [2.75, 3.05) is 29.6 Å². The van der Waals surface area contributed by atoms with Gasteiger partial charge < -0.3 is 15.4 Å². The van der Waals surface area contributed by atoms with E-state index in [2.05, 4.69) is 35.0 Å². The number of rotatable bonds is 17. The van der Waals surface area contributed by atoms with E-state index in [4.69, 9.17) is 9.72 Å². The molecule has 4 rings (SSSR count). The van der Waals surface area contributed by atoms with Crippen molar-refractivity contribution < 1.29 is 18.3 Å². The van der Waals surface area contributed by atoms with E-state index in [0.717, 1.165) is 46.5 Å². The Morgan fingerprint density at radius 2 is 1.43 bits per heavy atom. The van der Waals surface area contributed by atoms with Crippen LogP contribution in [0.4, 0.5) is 30.1 Å². The van der Waals surface area contributed by atoms with Crippen molar-refractivity contribution in [2.24, 2.45) is 0 Å². The highest BCUT2D eigenvalue weighted by Crippen LogP contribution is 2.40. The molecule has 3 aromatic carbocycles. The number of anilines is 3. The van der Waals surface area contributed by atoms with Gasteiger partial charge in [-0.1, -0.05) is 88.2 Å². The van der Waals surface area contributed by atoms with Crippen molar-refractivity contribution in [2.45, 2.75) is 71.1 Å². The Balaban J connectivity index is 1.36. The van der Waals surface area contributed by atoms with Crippen LogP contribution in [0.2, 0.25) is 0 Å². The third-order valence-corrected chi connectivity index (χ3v) is 8.42. The third kappa shape index (κ3) is 10.0. The molecule has 0 atom stereocenters. The molecule has 0 aliphatic carbocycles. The molecular formula is C35H42F2N4O2S. The molecule has 2 amide bonds. The topological polar surface area (TPSA) is 75.3 Å². The fourth-order valence-electron chi connectivity index (χ4n) is 4.94. The molecule has 234 valence electrons. The Kier molecular flexibility index (Phi) is 13.0. The molecular weight excluding hydrogens is 578 g/mol. The van der Waals surface area contributed by atoms with Gasteiger partial charge in [0.2, 0.25) is 0 Å². The molecule has 0 unspecified atom stereocenters. The number of halogens is 2. The molecule has 9 heteroatoms. The number of thiazole rings is 1. The zero-order chi connectivity index (χ0) is 31.1. The van der Waals surface area contributed by atoms with Crippen molar-refractivity contribution in [3.63, 3.8) is 0 Å². The van der Waals surface area contributed by atoms with E-state index in [1.807, 2.05) is 36.4 Å². The summed E-state index contributed by atoms with van der Waals surface area (Å²) in [6.45, 7) is 3.19. The maximum atomic E-state index is 14.0. The van der Waals surface area contributed by atoms with E-state index in [0.29, 0.717) is 16.9 Å². The number of urea groups is 1. The summed E-state index contributed by atoms with van der Waals surface area (Å²) in [4.78, 5) is 18.2. The standard InChI is InChI=1S/C35H42F2N4O2S/c1-3-4-5-6-7-8-9-10-11-12-23-38-28-18-13-26(14-19-28)33-32(25-15-20-29(43-2)21-16-25)40-35(44-33)41-34(42)39-31-22-17-27(36)24-30(31)37/h13-22,24,38H,3-12,23H2,1-2H3,(H2,39,40,41,42). The van der Waals surface area contributed by atoms with Gasteiger partial charge in [0.05, 0.1) is 23.4 Å². The van der Waals surface area contributed by atoms with E-state index < -0.39 is 17.7 Å². The number of nitrogens with one attached hydrogen (secondary N) is 3. The molecule has 0 aliphatic rings. The Hall–Kier alpha value is -3.98. The van der Waals surface area contributed by atoms with Crippen molar-refractivity contribution in [1.82, 2.24) is 4.98 Å². The largest absolute Gasteiger partial charge is 0.497 e. The van der Waals surface area contributed by atoms with Crippen LogP contribution in [0.3, 0.4) is 0 Å². The number of hydrogen-bond donors (Lipinski definition) is 3. The molecule has 3 N–H and O–H groups in total. The number of carbonyl (C=O) groups is 1. The van der Waals surface area contributed by atoms with Gasteiger partial charge in [-0.2, -0.15) is 0 Å². The van der Waals surface area contributed by atoms with Crippen LogP contribution in [0.1, 0.15) is 71.1 Å². The minimum atomic E-state index is -0.860. The number of methoxy groups -OCH3 is 1. The lowest BCUT2D eigenvalue weighted by Crippen LogP contribution is -2.20. The number of carbonyl (C=O) groups excluding carboxylic acids is 1. The number of ether oxygens (including phenoxy) is 1. The summed E-state index contributed by atoms with van der Waals surface area (Å²) in [7, 11) is 1.61. The second-order valence-electron chi connectivity index (χ2n) is 10.8. The molecule has 4 aromatic rings. The normalized spacial score (nSPS) is 10.9. The zero-order valence-electron chi connectivity index (χ0n) is 25.6. The van der Waals surface area contributed by atoms with E-state index >= 15 is 0 Å². The minimum Gasteiger partial charge on any atom is -0.497 e. The van der Waals surface area contributed by atoms with Gasteiger partial charge in [0.25, 0.3) is 0 Å². The molecule has 0 bridgehead atoms. The van der Waals surface area contributed by atoms with Gasteiger partial charge in [-0.15, -0.1) is 0 Å². The van der Waals surface area contributed by atoms with Crippen LogP contribution in [-0.2, 0) is 0 Å². The molecule has 0 saturated heterocycles. The summed E-state index contributed by atoms with van der Waals surface area (Å²) < 4.78 is 32.6. The molecule has 0 aliphatic heterocycles. The fourth-order valence-corrected chi connectivity index (χ4v) is 5.93. The van der Waals surface area contributed by atoms with Gasteiger partial charge in [0.15, 0.2) is 5.13 Å². The van der Waals surface area contributed by atoms with Crippen molar-refractivity contribution in [1.29, 1.82) is 0 Å². The van der Waals surface area contributed by atoms with Crippen molar-refractivity contribution in [3.05, 3.63) is 78.4 Å². The number of nitrogens with zero attached hydrogens (tertiary/aromatic N) is 1. The molecule has 0 fully saturated rings. The second kappa shape index (κ2) is 17.3. The first-order valence-electron chi connectivity index (χ1n) is 15.5. The first kappa shape index (κ1) is 32.9. The average molecular weight is 621 g/mol. The van der Waals surface area contributed by atoms with Gasteiger partial charge in [-0.25, -0.2) is 18.6 Å². The number of amides is 2. The zero-order valence-corrected chi connectivity index (χ0v) is 26.4. The monoisotopic (exact) mass is 620 g/mol. The molecule has 0 radical (unpaired) electrons. The van der Waals surface area contributed by atoms with E-state index in [-0.39, 0.29) is 5.69 Å². The lowest BCUT2D eigenvalue weighted by Gasteiger charge is -2.08. The molecule has 6 nitrogen and oxygen atoms in total. The predicted molar refractivity (Wildman–Crippen MR) is 179 cm³/mol. The lowest BCUT2D eigenvalue weighted by molar-refractivity contribution is 0.262. The number of aromatic nitrogens is 1. The van der Waals surface area contributed by atoms with Crippen LogP contribution >= 0.6 is 11.3 Å². The van der Waals surface area contributed by atoms with Gasteiger partial charge in [0, 0.05) is 23.9 Å². The summed E-state index contributed by atoms with van der Waals surface area (Å²) in [6, 6.07) is 18.0. The summed E-state index contributed by atoms with van der Waals surface area (Å²) in [5.41, 5.74) is 3.44. The van der Waals surface area contributed by atoms with Gasteiger partial charge in [-0.05, 0) is 60.5 Å². The van der Waals surface area contributed by atoms with E-state index in [1.165, 1.54) is 75.2 Å². The molecule has 0 spiro atoms. The Bertz CT molecular complexity index is 1460. The highest BCUT2D eigenvalue weighted by Gasteiger charge is 2.18. The van der Waals surface area contributed by atoms with Gasteiger partial charge in [0.1, 0.15) is 17.4 Å². The summed E-state index contributed by atoms with van der Waals surface area (Å²) >= 11 is 1.32. The van der Waals surface area contributed by atoms with Crippen molar-refractivity contribution >= 4 is 33.9 Å². The first-order valence-corrected chi connectivity index (χ1v) is 16.3. The summed E-state index contributed by atoms with van der Waals surface area (Å²) in [6.07, 6.45) is 13.1. The van der Waals surface area contributed by atoms with Gasteiger partial charge in [-0.3, -0.25) is 5.32 Å². The maximum absolute atomic E-state index is 14.0. The van der Waals surface area contributed by atoms with E-state index in [1.54, 1.807) is 7.11 Å². The van der Waals surface area contributed by atoms with Crippen LogP contribution < -0.4 is 20.7 Å². The van der Waals surface area contributed by atoms with Crippen LogP contribution in [0, 0.1) is 11.6 Å². The highest BCUT2D eigenvalue weighted by molar-refractivity contribution is 7.19. The number of unbranched alkanes of at least 4 members (excludes halogenated alkanes) is 9. The smallest absolute Gasteiger partial charge is 0.325 e. The Labute approximate surface area is 263 Å². The van der Waals surface area contributed by atoms with Crippen LogP contribution in [-0.4, -0.2) is 24.7 Å². The van der Waals surface area contributed by atoms with Gasteiger partial charge >= 0.3 is 6.03 Å². The third-order valence-electron chi connectivity index (χ3n) is 7.40. The minimum absolute atomic E-state index is 0.128. The first-order chi connectivity index (χ1) is 21.5. The average Bonchev–Trinajstić information content (AvgIpc) is 3.45. The summed E-state index contributed by atoms with van der Waals surface area (Å²) in [5, 5.41) is 8.97. The second-order valence-corrected chi connectivity index (χ2v) is 11.8. The number of benzene rings is 3. The highest BCUT2D eigenvalue weighted by atomic mass is 32.1. The van der Waals surface area contributed by atoms with E-state index in [9.17, 15) is 13.6 Å². The number of hydrogen-bond acceptors (Lipinski definition) is 5. The van der Waals surface area contributed by atoms with Crippen LogP contribution in [0.5, 0.6) is 5.75 Å². The SMILES string of the molecule is CCCCCCCCCCCCNc1ccc(-c2sc(NC(=O)Nc3ccc(F)cc3F)nc2-c2ccc(OC)cc2)cc1. The van der Waals surface area contributed by atoms with Crippen molar-refractivity contribution in [3.8, 4) is 27.4 Å². The van der Waals surface area contributed by atoms with Crippen LogP contribution in [0.25, 0.3) is 21.7 Å². The lowest BCUT2D eigenvalue weighted by atomic mass is 10.1. The van der Waals surface area contributed by atoms with Crippen LogP contribution in [0.15, 0.2) is 66.7 Å². The molecule has 1 heterocycles.